The van der Waals surface area contributed by atoms with Gasteiger partial charge in [0.25, 0.3) is 0 Å². The Balaban J connectivity index is 1.98. The van der Waals surface area contributed by atoms with Crippen molar-refractivity contribution in [1.82, 2.24) is 5.32 Å². The molecule has 0 aliphatic rings. The Bertz CT molecular complexity index is 485. The van der Waals surface area contributed by atoms with Crippen LogP contribution in [0.5, 0.6) is 0 Å². The van der Waals surface area contributed by atoms with Crippen LogP contribution in [0.4, 0.5) is 13.2 Å². The first-order chi connectivity index (χ1) is 8.46. The zero-order valence-electron chi connectivity index (χ0n) is 9.92. The summed E-state index contributed by atoms with van der Waals surface area (Å²) < 4.78 is 37.3. The molecule has 1 unspecified atom stereocenters. The van der Waals surface area contributed by atoms with E-state index < -0.39 is 12.6 Å². The fraction of sp³-hybridized carbons (Fsp3) is 0.385. The Morgan fingerprint density at radius 2 is 2.00 bits per heavy atom. The van der Waals surface area contributed by atoms with E-state index in [0.29, 0.717) is 0 Å². The predicted octanol–water partition coefficient (Wildman–Crippen LogP) is 4.50. The van der Waals surface area contributed by atoms with Crippen molar-refractivity contribution < 1.29 is 13.2 Å². The fourth-order valence-electron chi connectivity index (χ4n) is 1.75. The monoisotopic (exact) mass is 273 g/mol. The highest BCUT2D eigenvalue weighted by Gasteiger charge is 2.26. The smallest absolute Gasteiger partial charge is 0.309 e. The summed E-state index contributed by atoms with van der Waals surface area (Å²) in [5.74, 6) is 0. The summed E-state index contributed by atoms with van der Waals surface area (Å²) >= 11 is 1.62. The normalized spacial score (nSPS) is 14.0. The molecule has 1 N–H and O–H groups in total. The van der Waals surface area contributed by atoms with E-state index in [1.54, 1.807) is 11.3 Å². The quantitative estimate of drug-likeness (QED) is 0.864. The number of hydrogen-bond acceptors (Lipinski definition) is 2. The molecule has 0 amide bonds. The summed E-state index contributed by atoms with van der Waals surface area (Å²) in [7, 11) is 0. The van der Waals surface area contributed by atoms with Crippen molar-refractivity contribution in [3.05, 3.63) is 35.2 Å². The number of nitrogens with one attached hydrogen (secondary N) is 1. The van der Waals surface area contributed by atoms with Crippen molar-refractivity contribution in [2.45, 2.75) is 25.6 Å². The van der Waals surface area contributed by atoms with Gasteiger partial charge in [-0.1, -0.05) is 18.2 Å². The lowest BCUT2D eigenvalue weighted by atomic mass is 10.2. The van der Waals surface area contributed by atoms with Gasteiger partial charge in [0.15, 0.2) is 0 Å². The van der Waals surface area contributed by atoms with E-state index in [1.807, 2.05) is 37.3 Å². The molecule has 1 heterocycles. The standard InChI is InChI=1S/C13H14F3NS/c1-9(17-7-6-13(14,15)16)12-8-10-4-2-3-5-11(10)18-12/h2-5,8-9,17H,6-7H2,1H3. The molecular formula is C13H14F3NS. The summed E-state index contributed by atoms with van der Waals surface area (Å²) in [5.41, 5.74) is 0. The molecule has 0 spiro atoms. The van der Waals surface area contributed by atoms with Crippen LogP contribution in [0.15, 0.2) is 30.3 Å². The third-order valence-corrected chi connectivity index (χ3v) is 4.03. The lowest BCUT2D eigenvalue weighted by molar-refractivity contribution is -0.133. The molecule has 0 radical (unpaired) electrons. The van der Waals surface area contributed by atoms with Gasteiger partial charge < -0.3 is 5.32 Å². The Labute approximate surface area is 108 Å². The van der Waals surface area contributed by atoms with Crippen LogP contribution in [0.25, 0.3) is 10.1 Å². The third kappa shape index (κ3) is 3.46. The molecule has 0 fully saturated rings. The van der Waals surface area contributed by atoms with Gasteiger partial charge >= 0.3 is 6.18 Å². The number of fused-ring (bicyclic) bond motifs is 1. The molecule has 18 heavy (non-hydrogen) atoms. The lowest BCUT2D eigenvalue weighted by Gasteiger charge is -2.13. The van der Waals surface area contributed by atoms with Crippen LogP contribution in [0.1, 0.15) is 24.3 Å². The van der Waals surface area contributed by atoms with E-state index in [0.717, 1.165) is 15.0 Å². The fourth-order valence-corrected chi connectivity index (χ4v) is 2.84. The number of halogens is 3. The minimum absolute atomic E-state index is 0.0427. The van der Waals surface area contributed by atoms with Crippen molar-refractivity contribution in [1.29, 1.82) is 0 Å². The van der Waals surface area contributed by atoms with Gasteiger partial charge in [0, 0.05) is 22.2 Å². The SMILES string of the molecule is CC(NCCC(F)(F)F)c1cc2ccccc2s1. The molecule has 2 rings (SSSR count). The van der Waals surface area contributed by atoms with Gasteiger partial charge in [0.1, 0.15) is 0 Å². The van der Waals surface area contributed by atoms with E-state index >= 15 is 0 Å². The zero-order chi connectivity index (χ0) is 13.2. The summed E-state index contributed by atoms with van der Waals surface area (Å²) in [6.45, 7) is 1.85. The number of alkyl halides is 3. The highest BCUT2D eigenvalue weighted by atomic mass is 32.1. The molecular weight excluding hydrogens is 259 g/mol. The lowest BCUT2D eigenvalue weighted by Crippen LogP contribution is -2.23. The van der Waals surface area contributed by atoms with Gasteiger partial charge in [-0.3, -0.25) is 0 Å². The van der Waals surface area contributed by atoms with Crippen LogP contribution in [0.2, 0.25) is 0 Å². The molecule has 0 bridgehead atoms. The van der Waals surface area contributed by atoms with Crippen molar-refractivity contribution >= 4 is 21.4 Å². The van der Waals surface area contributed by atoms with E-state index in [-0.39, 0.29) is 12.6 Å². The Hall–Kier alpha value is -1.07. The van der Waals surface area contributed by atoms with E-state index in [9.17, 15) is 13.2 Å². The highest BCUT2D eigenvalue weighted by molar-refractivity contribution is 7.19. The minimum atomic E-state index is -4.09. The maximum absolute atomic E-state index is 12.0. The Kier molecular flexibility index (Phi) is 3.92. The molecule has 1 aromatic heterocycles. The Morgan fingerprint density at radius 1 is 1.28 bits per heavy atom. The van der Waals surface area contributed by atoms with Crippen molar-refractivity contribution in [3.8, 4) is 0 Å². The predicted molar refractivity (Wildman–Crippen MR) is 68.9 cm³/mol. The average Bonchev–Trinajstić information content (AvgIpc) is 2.70. The van der Waals surface area contributed by atoms with Gasteiger partial charge in [-0.15, -0.1) is 11.3 Å². The first kappa shape index (κ1) is 13.4. The largest absolute Gasteiger partial charge is 0.390 e. The van der Waals surface area contributed by atoms with Gasteiger partial charge in [0.2, 0.25) is 0 Å². The molecule has 0 aliphatic heterocycles. The molecule has 0 saturated heterocycles. The van der Waals surface area contributed by atoms with Crippen molar-refractivity contribution in [3.63, 3.8) is 0 Å². The molecule has 0 saturated carbocycles. The molecule has 5 heteroatoms. The molecule has 1 nitrogen and oxygen atoms in total. The molecule has 1 aromatic carbocycles. The van der Waals surface area contributed by atoms with Gasteiger partial charge in [0.05, 0.1) is 6.42 Å². The van der Waals surface area contributed by atoms with Crippen LogP contribution in [0, 0.1) is 0 Å². The maximum atomic E-state index is 12.0. The van der Waals surface area contributed by atoms with Crippen LogP contribution < -0.4 is 5.32 Å². The van der Waals surface area contributed by atoms with Crippen LogP contribution in [-0.2, 0) is 0 Å². The number of benzene rings is 1. The third-order valence-electron chi connectivity index (χ3n) is 2.73. The summed E-state index contributed by atoms with van der Waals surface area (Å²) in [4.78, 5) is 1.07. The Morgan fingerprint density at radius 3 is 2.67 bits per heavy atom. The van der Waals surface area contributed by atoms with E-state index in [1.165, 1.54) is 0 Å². The first-order valence-corrected chi connectivity index (χ1v) is 6.56. The molecule has 98 valence electrons. The first-order valence-electron chi connectivity index (χ1n) is 5.74. The highest BCUT2D eigenvalue weighted by Crippen LogP contribution is 2.29. The molecule has 0 aliphatic carbocycles. The number of rotatable bonds is 4. The van der Waals surface area contributed by atoms with Gasteiger partial charge in [-0.25, -0.2) is 0 Å². The van der Waals surface area contributed by atoms with Gasteiger partial charge in [-0.2, -0.15) is 13.2 Å². The second-order valence-electron chi connectivity index (χ2n) is 4.23. The number of hydrogen-bond donors (Lipinski definition) is 1. The van der Waals surface area contributed by atoms with Crippen LogP contribution in [-0.4, -0.2) is 12.7 Å². The zero-order valence-corrected chi connectivity index (χ0v) is 10.7. The average molecular weight is 273 g/mol. The van der Waals surface area contributed by atoms with Crippen LogP contribution >= 0.6 is 11.3 Å². The minimum Gasteiger partial charge on any atom is -0.309 e. The van der Waals surface area contributed by atoms with E-state index in [4.69, 9.17) is 0 Å². The van der Waals surface area contributed by atoms with Crippen molar-refractivity contribution in [2.24, 2.45) is 0 Å². The topological polar surface area (TPSA) is 12.0 Å². The number of thiophene rings is 1. The maximum Gasteiger partial charge on any atom is 0.390 e. The van der Waals surface area contributed by atoms with Gasteiger partial charge in [-0.05, 0) is 24.4 Å². The van der Waals surface area contributed by atoms with Crippen molar-refractivity contribution in [2.75, 3.05) is 6.54 Å². The summed E-state index contributed by atoms with van der Waals surface area (Å²) in [5, 5.41) is 4.05. The van der Waals surface area contributed by atoms with Crippen LogP contribution in [0.3, 0.4) is 0 Å². The molecule has 1 atom stereocenters. The summed E-state index contributed by atoms with van der Waals surface area (Å²) in [6, 6.07) is 9.93. The van der Waals surface area contributed by atoms with E-state index in [2.05, 4.69) is 5.32 Å². The molecule has 2 aromatic rings. The second kappa shape index (κ2) is 5.28. The second-order valence-corrected chi connectivity index (χ2v) is 5.34. The summed E-state index contributed by atoms with van der Waals surface area (Å²) in [6.07, 6.45) is -4.88.